The first kappa shape index (κ1) is 17.7. The SMILES string of the molecule is O=C(Nc1ccc2nc(Cc3ccc(F)cc3)[nH]c2c1)C1CCS(=O)(=O)C1. The zero-order valence-corrected chi connectivity index (χ0v) is 15.2. The van der Waals surface area contributed by atoms with E-state index in [1.807, 2.05) is 0 Å². The second kappa shape index (κ2) is 6.77. The van der Waals surface area contributed by atoms with Crippen molar-refractivity contribution in [3.05, 3.63) is 59.7 Å². The van der Waals surface area contributed by atoms with Gasteiger partial charge in [0.15, 0.2) is 9.84 Å². The van der Waals surface area contributed by atoms with E-state index < -0.39 is 15.8 Å². The Hall–Kier alpha value is -2.74. The number of rotatable bonds is 4. The van der Waals surface area contributed by atoms with Gasteiger partial charge < -0.3 is 10.3 Å². The molecule has 0 radical (unpaired) electrons. The molecule has 1 unspecified atom stereocenters. The Kier molecular flexibility index (Phi) is 4.43. The summed E-state index contributed by atoms with van der Waals surface area (Å²) >= 11 is 0. The molecule has 2 aromatic carbocycles. The lowest BCUT2D eigenvalue weighted by molar-refractivity contribution is -0.119. The van der Waals surface area contributed by atoms with E-state index in [0.717, 1.165) is 22.4 Å². The molecule has 2 heterocycles. The molecule has 4 rings (SSSR count). The van der Waals surface area contributed by atoms with Gasteiger partial charge in [0.1, 0.15) is 11.6 Å². The highest BCUT2D eigenvalue weighted by Gasteiger charge is 2.32. The summed E-state index contributed by atoms with van der Waals surface area (Å²) in [6, 6.07) is 11.6. The van der Waals surface area contributed by atoms with Crippen LogP contribution < -0.4 is 5.32 Å². The smallest absolute Gasteiger partial charge is 0.228 e. The van der Waals surface area contributed by atoms with Crippen molar-refractivity contribution in [1.29, 1.82) is 0 Å². The first-order valence-electron chi connectivity index (χ1n) is 8.62. The number of benzene rings is 2. The minimum Gasteiger partial charge on any atom is -0.342 e. The van der Waals surface area contributed by atoms with Crippen LogP contribution in [0.25, 0.3) is 11.0 Å². The molecule has 8 heteroatoms. The molecule has 1 aromatic heterocycles. The molecule has 1 atom stereocenters. The van der Waals surface area contributed by atoms with Crippen molar-refractivity contribution < 1.29 is 17.6 Å². The van der Waals surface area contributed by atoms with Crippen LogP contribution in [0.5, 0.6) is 0 Å². The van der Waals surface area contributed by atoms with Gasteiger partial charge in [-0.05, 0) is 42.3 Å². The number of nitrogens with zero attached hydrogens (tertiary/aromatic N) is 1. The topological polar surface area (TPSA) is 91.9 Å². The van der Waals surface area contributed by atoms with Gasteiger partial charge in [0.05, 0.1) is 28.5 Å². The Bertz CT molecular complexity index is 1110. The summed E-state index contributed by atoms with van der Waals surface area (Å²) in [6.07, 6.45) is 0.902. The van der Waals surface area contributed by atoms with E-state index in [1.165, 1.54) is 12.1 Å². The predicted molar refractivity (Wildman–Crippen MR) is 101 cm³/mol. The van der Waals surface area contributed by atoms with Crippen molar-refractivity contribution in [2.24, 2.45) is 5.92 Å². The van der Waals surface area contributed by atoms with Gasteiger partial charge in [-0.15, -0.1) is 0 Å². The number of imidazole rings is 1. The molecule has 1 aliphatic heterocycles. The van der Waals surface area contributed by atoms with Gasteiger partial charge in [0, 0.05) is 12.1 Å². The van der Waals surface area contributed by atoms with Gasteiger partial charge in [-0.1, -0.05) is 12.1 Å². The molecule has 1 amide bonds. The van der Waals surface area contributed by atoms with Gasteiger partial charge in [0.25, 0.3) is 0 Å². The summed E-state index contributed by atoms with van der Waals surface area (Å²) in [6.45, 7) is 0. The van der Waals surface area contributed by atoms with Crippen molar-refractivity contribution in [2.45, 2.75) is 12.8 Å². The third-order valence-electron chi connectivity index (χ3n) is 4.69. The average Bonchev–Trinajstić information content (AvgIpc) is 3.19. The summed E-state index contributed by atoms with van der Waals surface area (Å²) in [4.78, 5) is 20.0. The number of nitrogens with one attached hydrogen (secondary N) is 2. The standard InChI is InChI=1S/C19H18FN3O3S/c20-14-3-1-12(2-4-14)9-18-22-16-6-5-15(10-17(16)23-18)21-19(24)13-7-8-27(25,26)11-13/h1-6,10,13H,7-9,11H2,(H,21,24)(H,22,23). The fourth-order valence-corrected chi connectivity index (χ4v) is 5.01. The first-order valence-corrected chi connectivity index (χ1v) is 10.4. The second-order valence-electron chi connectivity index (χ2n) is 6.81. The molecule has 0 spiro atoms. The molecule has 6 nitrogen and oxygen atoms in total. The average molecular weight is 387 g/mol. The van der Waals surface area contributed by atoms with Crippen LogP contribution in [0.4, 0.5) is 10.1 Å². The van der Waals surface area contributed by atoms with Crippen LogP contribution in [-0.4, -0.2) is 35.8 Å². The van der Waals surface area contributed by atoms with Gasteiger partial charge in [-0.3, -0.25) is 4.79 Å². The van der Waals surface area contributed by atoms with Crippen LogP contribution in [0.15, 0.2) is 42.5 Å². The number of hydrogen-bond acceptors (Lipinski definition) is 4. The Morgan fingerprint density at radius 2 is 2.00 bits per heavy atom. The fraction of sp³-hybridized carbons (Fsp3) is 0.263. The third-order valence-corrected chi connectivity index (χ3v) is 6.45. The molecule has 1 fully saturated rings. The van der Waals surface area contributed by atoms with E-state index in [-0.39, 0.29) is 23.2 Å². The molecule has 140 valence electrons. The molecule has 2 N–H and O–H groups in total. The number of aromatic amines is 1. The predicted octanol–water partition coefficient (Wildman–Crippen LogP) is 2.67. The van der Waals surface area contributed by atoms with E-state index in [2.05, 4.69) is 15.3 Å². The van der Waals surface area contributed by atoms with Crippen LogP contribution in [0.3, 0.4) is 0 Å². The maximum atomic E-state index is 13.0. The molecule has 3 aromatic rings. The number of fused-ring (bicyclic) bond motifs is 1. The Balaban J connectivity index is 1.49. The molecular weight excluding hydrogens is 369 g/mol. The highest BCUT2D eigenvalue weighted by molar-refractivity contribution is 7.91. The highest BCUT2D eigenvalue weighted by atomic mass is 32.2. The number of hydrogen-bond donors (Lipinski definition) is 2. The van der Waals surface area contributed by atoms with Crippen LogP contribution in [0.1, 0.15) is 17.8 Å². The number of carbonyl (C=O) groups is 1. The van der Waals surface area contributed by atoms with Crippen molar-refractivity contribution >= 4 is 32.5 Å². The number of aromatic nitrogens is 2. The maximum absolute atomic E-state index is 13.0. The Morgan fingerprint density at radius 1 is 1.22 bits per heavy atom. The molecular formula is C19H18FN3O3S. The van der Waals surface area contributed by atoms with Crippen LogP contribution in [0, 0.1) is 11.7 Å². The Morgan fingerprint density at radius 3 is 2.70 bits per heavy atom. The molecule has 0 bridgehead atoms. The van der Waals surface area contributed by atoms with Gasteiger partial charge in [-0.2, -0.15) is 0 Å². The van der Waals surface area contributed by atoms with Gasteiger partial charge in [-0.25, -0.2) is 17.8 Å². The quantitative estimate of drug-likeness (QED) is 0.720. The minimum absolute atomic E-state index is 0.0669. The molecule has 1 aliphatic rings. The van der Waals surface area contributed by atoms with Crippen molar-refractivity contribution in [1.82, 2.24) is 9.97 Å². The van der Waals surface area contributed by atoms with Crippen molar-refractivity contribution in [2.75, 3.05) is 16.8 Å². The normalized spacial score (nSPS) is 18.6. The van der Waals surface area contributed by atoms with Crippen molar-refractivity contribution in [3.8, 4) is 0 Å². The highest BCUT2D eigenvalue weighted by Crippen LogP contribution is 2.23. The monoisotopic (exact) mass is 387 g/mol. The minimum atomic E-state index is -3.10. The van der Waals surface area contributed by atoms with Crippen LogP contribution in [0.2, 0.25) is 0 Å². The van der Waals surface area contributed by atoms with Gasteiger partial charge >= 0.3 is 0 Å². The summed E-state index contributed by atoms with van der Waals surface area (Å²) in [5.74, 6) is -0.339. The summed E-state index contributed by atoms with van der Waals surface area (Å²) in [5.41, 5.74) is 3.05. The number of sulfone groups is 1. The molecule has 0 aliphatic carbocycles. The molecule has 1 saturated heterocycles. The van der Waals surface area contributed by atoms with Crippen LogP contribution in [-0.2, 0) is 21.1 Å². The van der Waals surface area contributed by atoms with Crippen molar-refractivity contribution in [3.63, 3.8) is 0 Å². The number of amides is 1. The van der Waals surface area contributed by atoms with E-state index in [0.29, 0.717) is 18.5 Å². The van der Waals surface area contributed by atoms with Gasteiger partial charge in [0.2, 0.25) is 5.91 Å². The third kappa shape index (κ3) is 4.00. The van der Waals surface area contributed by atoms with E-state index in [1.54, 1.807) is 30.3 Å². The largest absolute Gasteiger partial charge is 0.342 e. The number of anilines is 1. The van der Waals surface area contributed by atoms with Crippen LogP contribution >= 0.6 is 0 Å². The fourth-order valence-electron chi connectivity index (χ4n) is 3.27. The maximum Gasteiger partial charge on any atom is 0.228 e. The first-order chi connectivity index (χ1) is 12.9. The lowest BCUT2D eigenvalue weighted by Gasteiger charge is -2.09. The summed E-state index contributed by atoms with van der Waals surface area (Å²) < 4.78 is 36.1. The lowest BCUT2D eigenvalue weighted by Crippen LogP contribution is -2.23. The molecule has 27 heavy (non-hydrogen) atoms. The summed E-state index contributed by atoms with van der Waals surface area (Å²) in [5, 5.41) is 2.79. The summed E-state index contributed by atoms with van der Waals surface area (Å²) in [7, 11) is -3.10. The zero-order chi connectivity index (χ0) is 19.0. The number of carbonyl (C=O) groups excluding carboxylic acids is 1. The Labute approximate surface area is 155 Å². The van der Waals surface area contributed by atoms with E-state index >= 15 is 0 Å². The lowest BCUT2D eigenvalue weighted by atomic mass is 10.1. The molecule has 0 saturated carbocycles. The van der Waals surface area contributed by atoms with E-state index in [9.17, 15) is 17.6 Å². The second-order valence-corrected chi connectivity index (χ2v) is 9.04. The zero-order valence-electron chi connectivity index (χ0n) is 14.4. The van der Waals surface area contributed by atoms with E-state index in [4.69, 9.17) is 0 Å². The number of halogens is 1. The number of H-pyrrole nitrogens is 1.